The number of nitrogens with one attached hydrogen (secondary N) is 1. The molecule has 156 valence electrons. The van der Waals surface area contributed by atoms with E-state index in [1.165, 1.54) is 12.1 Å². The summed E-state index contributed by atoms with van der Waals surface area (Å²) in [6, 6.07) is 5.58. The van der Waals surface area contributed by atoms with Crippen LogP contribution >= 0.6 is 22.6 Å². The lowest BCUT2D eigenvalue weighted by Gasteiger charge is -2.40. The van der Waals surface area contributed by atoms with Crippen LogP contribution in [0, 0.1) is 9.49 Å². The van der Waals surface area contributed by atoms with Crippen molar-refractivity contribution >= 4 is 40.5 Å². The number of likely N-dealkylation sites (N-methyl/N-ethyl adjacent to an activating group) is 1. The van der Waals surface area contributed by atoms with E-state index in [0.717, 1.165) is 8.47 Å². The number of hydrogen-bond donors (Lipinski definition) is 2. The van der Waals surface area contributed by atoms with E-state index in [9.17, 15) is 19.5 Å². The third kappa shape index (κ3) is 4.46. The highest BCUT2D eigenvalue weighted by Gasteiger charge is 2.53. The molecule has 0 bridgehead atoms. The first-order chi connectivity index (χ1) is 13.5. The molecule has 1 fully saturated rings. The molecule has 0 saturated carbocycles. The van der Waals surface area contributed by atoms with E-state index in [4.69, 9.17) is 4.74 Å². The molecule has 2 aliphatic rings. The van der Waals surface area contributed by atoms with Crippen LogP contribution in [-0.2, 0) is 14.3 Å². The molecule has 4 unspecified atom stereocenters. The highest BCUT2D eigenvalue weighted by molar-refractivity contribution is 14.1. The van der Waals surface area contributed by atoms with Crippen LogP contribution in [0.15, 0.2) is 36.4 Å². The van der Waals surface area contributed by atoms with Crippen LogP contribution in [0.1, 0.15) is 32.4 Å². The third-order valence-corrected chi connectivity index (χ3v) is 5.55. The van der Waals surface area contributed by atoms with Crippen molar-refractivity contribution in [3.05, 3.63) is 45.6 Å². The third-order valence-electron chi connectivity index (χ3n) is 4.83. The van der Waals surface area contributed by atoms with Crippen molar-refractivity contribution in [2.75, 3.05) is 7.05 Å². The summed E-state index contributed by atoms with van der Waals surface area (Å²) in [5, 5.41) is 12.3. The van der Waals surface area contributed by atoms with E-state index in [2.05, 4.69) is 28.0 Å². The maximum absolute atomic E-state index is 12.7. The Hall–Kier alpha value is -1.98. The van der Waals surface area contributed by atoms with Gasteiger partial charge < -0.3 is 9.84 Å². The fraction of sp³-hybridized carbons (Fsp3) is 0.450. The minimum Gasteiger partial charge on any atom is -0.443 e. The van der Waals surface area contributed by atoms with Crippen molar-refractivity contribution in [2.24, 2.45) is 5.92 Å². The summed E-state index contributed by atoms with van der Waals surface area (Å²) in [6.07, 6.45) is 1.47. The van der Waals surface area contributed by atoms with Gasteiger partial charge in [0.25, 0.3) is 0 Å². The predicted octanol–water partition coefficient (Wildman–Crippen LogP) is 1.99. The fourth-order valence-corrected chi connectivity index (χ4v) is 3.84. The number of hydrogen-bond acceptors (Lipinski definition) is 6. The molecule has 2 aliphatic heterocycles. The molecule has 9 heteroatoms. The zero-order chi connectivity index (χ0) is 21.5. The number of aliphatic hydroxyl groups excluding tert-OH is 1. The van der Waals surface area contributed by atoms with Gasteiger partial charge in [-0.05, 0) is 61.1 Å². The summed E-state index contributed by atoms with van der Waals surface area (Å²) < 4.78 is 6.33. The van der Waals surface area contributed by atoms with Gasteiger partial charge in [-0.2, -0.15) is 5.01 Å². The van der Waals surface area contributed by atoms with Gasteiger partial charge in [0.05, 0.1) is 18.1 Å². The summed E-state index contributed by atoms with van der Waals surface area (Å²) in [7, 11) is 1.41. The van der Waals surface area contributed by atoms with Crippen molar-refractivity contribution in [3.63, 3.8) is 0 Å². The fourth-order valence-electron chi connectivity index (χ4n) is 3.48. The number of halogens is 1. The molecule has 3 amide bonds. The van der Waals surface area contributed by atoms with Gasteiger partial charge in [0.1, 0.15) is 11.6 Å². The molecule has 0 aliphatic carbocycles. The maximum Gasteiger partial charge on any atom is 0.422 e. The molecule has 29 heavy (non-hydrogen) atoms. The van der Waals surface area contributed by atoms with E-state index in [1.54, 1.807) is 45.1 Å². The topological polar surface area (TPSA) is 99.2 Å². The van der Waals surface area contributed by atoms with Gasteiger partial charge >= 0.3 is 6.09 Å². The number of carbonyl (C=O) groups excluding carboxylic acids is 3. The minimum atomic E-state index is -1.03. The summed E-state index contributed by atoms with van der Waals surface area (Å²) in [6.45, 7) is 5.17. The van der Waals surface area contributed by atoms with E-state index in [0.29, 0.717) is 5.56 Å². The maximum atomic E-state index is 12.7. The number of imide groups is 1. The summed E-state index contributed by atoms with van der Waals surface area (Å²) in [4.78, 5) is 38.6. The number of hydrazine groups is 1. The Labute approximate surface area is 183 Å². The van der Waals surface area contributed by atoms with Gasteiger partial charge in [-0.25, -0.2) is 4.79 Å². The number of fused-ring (bicyclic) bond motifs is 1. The highest BCUT2D eigenvalue weighted by atomic mass is 127. The van der Waals surface area contributed by atoms with Gasteiger partial charge in [0.15, 0.2) is 0 Å². The molecule has 1 aromatic carbocycles. The van der Waals surface area contributed by atoms with Gasteiger partial charge in [-0.15, -0.1) is 0 Å². The number of amides is 3. The normalized spacial score (nSPS) is 25.7. The van der Waals surface area contributed by atoms with Gasteiger partial charge in [-0.1, -0.05) is 24.3 Å². The van der Waals surface area contributed by atoms with Crippen LogP contribution in [0.25, 0.3) is 0 Å². The van der Waals surface area contributed by atoms with Crippen LogP contribution < -0.4 is 5.43 Å². The molecule has 1 saturated heterocycles. The van der Waals surface area contributed by atoms with Gasteiger partial charge in [0, 0.05) is 10.6 Å². The van der Waals surface area contributed by atoms with E-state index in [-0.39, 0.29) is 5.91 Å². The van der Waals surface area contributed by atoms with Crippen molar-refractivity contribution in [1.82, 2.24) is 15.3 Å². The molecule has 1 aromatic rings. The number of carbonyl (C=O) groups is 3. The average molecular weight is 513 g/mol. The Bertz CT molecular complexity index is 849. The van der Waals surface area contributed by atoms with Crippen LogP contribution in [-0.4, -0.2) is 57.7 Å². The zero-order valence-electron chi connectivity index (χ0n) is 16.6. The van der Waals surface area contributed by atoms with Gasteiger partial charge in [-0.3, -0.25) is 19.9 Å². The predicted molar refractivity (Wildman–Crippen MR) is 113 cm³/mol. The standard InChI is InChI=1S/C20H24IN3O5/c1-20(2,3)29-19(28)22-24-14(16(25)11-5-7-12(21)8-6-11)10-9-13-15(24)18(27)23(4)17(13)26/h5-10,13-16,25H,1-4H3,(H,22,28). The number of aliphatic hydroxyl groups is 1. The number of nitrogens with zero attached hydrogens (tertiary/aromatic N) is 2. The molecular formula is C20H24IN3O5. The van der Waals surface area contributed by atoms with Crippen molar-refractivity contribution in [3.8, 4) is 0 Å². The number of ether oxygens (including phenoxy) is 1. The van der Waals surface area contributed by atoms with Crippen LogP contribution in [0.3, 0.4) is 0 Å². The molecule has 4 atom stereocenters. The molecule has 0 radical (unpaired) electrons. The van der Waals surface area contributed by atoms with Crippen LogP contribution in [0.2, 0.25) is 0 Å². The number of rotatable bonds is 3. The lowest BCUT2D eigenvalue weighted by Crippen LogP contribution is -2.60. The second kappa shape index (κ2) is 8.04. The SMILES string of the molecule is CN1C(=O)C2C=CC(C(O)c3ccc(I)cc3)N(NC(=O)OC(C)(C)C)C2C1=O. The summed E-state index contributed by atoms with van der Waals surface area (Å²) in [5.41, 5.74) is 2.47. The number of likely N-dealkylation sites (tertiary alicyclic amines) is 1. The van der Waals surface area contributed by atoms with Crippen LogP contribution in [0.4, 0.5) is 4.79 Å². The average Bonchev–Trinajstić information content (AvgIpc) is 2.85. The molecule has 0 spiro atoms. The van der Waals surface area contributed by atoms with Crippen molar-refractivity contribution in [1.29, 1.82) is 0 Å². The van der Waals surface area contributed by atoms with Crippen molar-refractivity contribution in [2.45, 2.75) is 44.6 Å². The monoisotopic (exact) mass is 513 g/mol. The minimum absolute atomic E-state index is 0.352. The largest absolute Gasteiger partial charge is 0.443 e. The first-order valence-electron chi connectivity index (χ1n) is 9.21. The van der Waals surface area contributed by atoms with E-state index >= 15 is 0 Å². The van der Waals surface area contributed by atoms with E-state index in [1.807, 2.05) is 12.1 Å². The lowest BCUT2D eigenvalue weighted by molar-refractivity contribution is -0.139. The summed E-state index contributed by atoms with van der Waals surface area (Å²) in [5.74, 6) is -1.53. The zero-order valence-corrected chi connectivity index (χ0v) is 18.8. The molecule has 2 N–H and O–H groups in total. The van der Waals surface area contributed by atoms with Gasteiger partial charge in [0.2, 0.25) is 11.8 Å². The molecule has 8 nitrogen and oxygen atoms in total. The molecule has 0 aromatic heterocycles. The Balaban J connectivity index is 1.94. The Kier molecular flexibility index (Phi) is 6.02. The Morgan fingerprint density at radius 2 is 1.79 bits per heavy atom. The second-order valence-corrected chi connectivity index (χ2v) is 9.34. The number of benzene rings is 1. The molecule has 3 rings (SSSR count). The quantitative estimate of drug-likeness (QED) is 0.365. The Morgan fingerprint density at radius 1 is 1.17 bits per heavy atom. The molecule has 2 heterocycles. The van der Waals surface area contributed by atoms with Crippen molar-refractivity contribution < 1.29 is 24.2 Å². The lowest BCUT2D eigenvalue weighted by atomic mass is 9.90. The van der Waals surface area contributed by atoms with Crippen LogP contribution in [0.5, 0.6) is 0 Å². The smallest absolute Gasteiger partial charge is 0.422 e. The van der Waals surface area contributed by atoms with E-state index < -0.39 is 41.7 Å². The second-order valence-electron chi connectivity index (χ2n) is 8.10. The first kappa shape index (κ1) is 21.7. The Morgan fingerprint density at radius 3 is 2.38 bits per heavy atom. The first-order valence-corrected chi connectivity index (χ1v) is 10.3. The summed E-state index contributed by atoms with van der Waals surface area (Å²) >= 11 is 2.17. The molecular weight excluding hydrogens is 489 g/mol. The highest BCUT2D eigenvalue weighted by Crippen LogP contribution is 2.34.